The molecule has 2 aromatic carbocycles. The number of carbonyl (C=O) groups is 1. The molecule has 0 aliphatic carbocycles. The Kier molecular flexibility index (Phi) is 7.70. The molecule has 5 rings (SSSR count). The standard InChI is InChI=1S/C25H19IN7O3P/c1-16-11-17(5-7-22(16)36-19-8-9-33-23(13-19)28-15-30-33)32-25-20-12-18(4-6-21(20)27-14-29-25)31-24(34)3-2-10-35-37-26/h4-9,11-15,37H,10H2,1H3,(H,31,34)(H,27,29,32). The van der Waals surface area contributed by atoms with Crippen molar-refractivity contribution in [3.63, 3.8) is 0 Å². The monoisotopic (exact) mass is 623 g/mol. The van der Waals surface area contributed by atoms with Gasteiger partial charge in [-0.25, -0.2) is 19.5 Å². The number of pyridine rings is 1. The smallest absolute Gasteiger partial charge is 0.300 e. The molecule has 0 saturated heterocycles. The van der Waals surface area contributed by atoms with Gasteiger partial charge in [0, 0.05) is 29.0 Å². The van der Waals surface area contributed by atoms with Crippen molar-refractivity contribution >= 4 is 68.1 Å². The second-order valence-electron chi connectivity index (χ2n) is 7.71. The number of anilines is 3. The van der Waals surface area contributed by atoms with E-state index in [0.29, 0.717) is 29.4 Å². The van der Waals surface area contributed by atoms with Crippen LogP contribution in [0.15, 0.2) is 67.4 Å². The Morgan fingerprint density at radius 1 is 1.08 bits per heavy atom. The summed E-state index contributed by atoms with van der Waals surface area (Å²) in [5.74, 6) is 6.78. The summed E-state index contributed by atoms with van der Waals surface area (Å²) < 4.78 is 12.9. The highest BCUT2D eigenvalue weighted by Gasteiger charge is 2.09. The van der Waals surface area contributed by atoms with Crippen molar-refractivity contribution in [1.82, 2.24) is 24.6 Å². The molecule has 5 aromatic rings. The molecule has 12 heteroatoms. The lowest BCUT2D eigenvalue weighted by Gasteiger charge is -2.13. The van der Waals surface area contributed by atoms with Gasteiger partial charge in [-0.15, -0.1) is 0 Å². The molecule has 0 saturated carbocycles. The zero-order valence-electron chi connectivity index (χ0n) is 19.4. The van der Waals surface area contributed by atoms with E-state index < -0.39 is 5.91 Å². The first kappa shape index (κ1) is 24.8. The summed E-state index contributed by atoms with van der Waals surface area (Å²) in [4.78, 5) is 25.1. The summed E-state index contributed by atoms with van der Waals surface area (Å²) in [6.07, 6.45) is 4.79. The normalized spacial score (nSPS) is 11.0. The lowest BCUT2D eigenvalue weighted by Crippen LogP contribution is -2.08. The van der Waals surface area contributed by atoms with Crippen LogP contribution in [0, 0.1) is 18.8 Å². The van der Waals surface area contributed by atoms with Crippen molar-refractivity contribution in [2.75, 3.05) is 17.2 Å². The molecule has 1 atom stereocenters. The second kappa shape index (κ2) is 11.5. The van der Waals surface area contributed by atoms with Gasteiger partial charge >= 0.3 is 0 Å². The molecule has 0 aliphatic rings. The first-order valence-electron chi connectivity index (χ1n) is 11.0. The van der Waals surface area contributed by atoms with Crippen molar-refractivity contribution in [3.8, 4) is 23.3 Å². The second-order valence-corrected chi connectivity index (χ2v) is 9.47. The fraction of sp³-hybridized carbons (Fsp3) is 0.0800. The van der Waals surface area contributed by atoms with E-state index in [9.17, 15) is 4.79 Å². The van der Waals surface area contributed by atoms with Gasteiger partial charge in [-0.05, 0) is 82.9 Å². The minimum absolute atomic E-state index is 0.217. The first-order valence-corrected chi connectivity index (χ1v) is 15.0. The van der Waals surface area contributed by atoms with Gasteiger partial charge in [0.15, 0.2) is 5.65 Å². The third-order valence-corrected chi connectivity index (χ3v) is 6.40. The molecule has 3 aromatic heterocycles. The number of aromatic nitrogens is 5. The van der Waals surface area contributed by atoms with Gasteiger partial charge in [0.1, 0.15) is 36.6 Å². The van der Waals surface area contributed by atoms with Gasteiger partial charge < -0.3 is 19.9 Å². The molecular formula is C25H19IN7O3P. The van der Waals surface area contributed by atoms with Crippen molar-refractivity contribution in [2.45, 2.75) is 6.92 Å². The number of hydrogen-bond donors (Lipinski definition) is 2. The van der Waals surface area contributed by atoms with Gasteiger partial charge in [-0.3, -0.25) is 4.79 Å². The SMILES string of the molecule is Cc1cc(Nc2ncnc3ccc(NC(=O)C#CCOPI)cc23)ccc1Oc1ccn2ncnc2c1. The minimum atomic E-state index is -0.416. The number of ether oxygens (including phenoxy) is 1. The summed E-state index contributed by atoms with van der Waals surface area (Å²) in [6.45, 7) is 2.49. The fourth-order valence-electron chi connectivity index (χ4n) is 3.54. The summed E-state index contributed by atoms with van der Waals surface area (Å²) >= 11 is 2.10. The van der Waals surface area contributed by atoms with Crippen molar-refractivity contribution in [2.24, 2.45) is 0 Å². The fourth-order valence-corrected chi connectivity index (χ4v) is 4.14. The van der Waals surface area contributed by atoms with E-state index in [1.54, 1.807) is 16.8 Å². The molecule has 1 amide bonds. The van der Waals surface area contributed by atoms with Gasteiger partial charge in [-0.2, -0.15) is 5.10 Å². The lowest BCUT2D eigenvalue weighted by atomic mass is 10.1. The predicted octanol–water partition coefficient (Wildman–Crippen LogP) is 5.42. The zero-order chi connectivity index (χ0) is 25.6. The Morgan fingerprint density at radius 3 is 2.84 bits per heavy atom. The molecule has 10 nitrogen and oxygen atoms in total. The van der Waals surface area contributed by atoms with E-state index in [0.717, 1.165) is 27.9 Å². The van der Waals surface area contributed by atoms with Crippen LogP contribution in [0.1, 0.15) is 5.56 Å². The number of benzene rings is 2. The van der Waals surface area contributed by atoms with Crippen molar-refractivity contribution < 1.29 is 14.1 Å². The largest absolute Gasteiger partial charge is 0.457 e. The number of rotatable bonds is 7. The molecule has 0 radical (unpaired) electrons. The van der Waals surface area contributed by atoms with Crippen LogP contribution in [-0.2, 0) is 9.32 Å². The molecule has 3 heterocycles. The Balaban J connectivity index is 1.33. The maximum atomic E-state index is 12.1. The Hall–Kier alpha value is -3.85. The van der Waals surface area contributed by atoms with Crippen LogP contribution in [0.2, 0.25) is 0 Å². The van der Waals surface area contributed by atoms with E-state index in [4.69, 9.17) is 9.26 Å². The molecule has 1 unspecified atom stereocenters. The Bertz CT molecular complexity index is 1670. The Labute approximate surface area is 226 Å². The third kappa shape index (κ3) is 6.11. The predicted molar refractivity (Wildman–Crippen MR) is 152 cm³/mol. The lowest BCUT2D eigenvalue weighted by molar-refractivity contribution is -0.111. The number of halogens is 1. The number of nitrogens with one attached hydrogen (secondary N) is 2. The topological polar surface area (TPSA) is 116 Å². The number of fused-ring (bicyclic) bond motifs is 2. The van der Waals surface area contributed by atoms with Crippen LogP contribution in [0.3, 0.4) is 0 Å². The number of hydrogen-bond acceptors (Lipinski definition) is 8. The molecule has 0 aliphatic heterocycles. The Morgan fingerprint density at radius 2 is 1.97 bits per heavy atom. The van der Waals surface area contributed by atoms with E-state index in [1.165, 1.54) is 12.7 Å². The molecule has 0 fully saturated rings. The summed E-state index contributed by atoms with van der Waals surface area (Å²) in [5.41, 5.74) is 3.79. The quantitative estimate of drug-likeness (QED) is 0.107. The van der Waals surface area contributed by atoms with Crippen LogP contribution in [0.4, 0.5) is 17.2 Å². The highest BCUT2D eigenvalue weighted by molar-refractivity contribution is 14.2. The molecule has 37 heavy (non-hydrogen) atoms. The number of carbonyl (C=O) groups excluding carboxylic acids is 1. The number of aryl methyl sites for hydroxylation is 1. The number of amides is 1. The highest BCUT2D eigenvalue weighted by atomic mass is 127. The van der Waals surface area contributed by atoms with Crippen molar-refractivity contribution in [3.05, 3.63) is 72.9 Å². The molecular weight excluding hydrogens is 604 g/mol. The first-order chi connectivity index (χ1) is 18.1. The van der Waals surface area contributed by atoms with E-state index >= 15 is 0 Å². The zero-order valence-corrected chi connectivity index (χ0v) is 22.6. The molecule has 2 N–H and O–H groups in total. The van der Waals surface area contributed by atoms with E-state index in [1.807, 2.05) is 49.4 Å². The van der Waals surface area contributed by atoms with Gasteiger partial charge in [-0.1, -0.05) is 5.92 Å². The average Bonchev–Trinajstić information content (AvgIpc) is 3.37. The van der Waals surface area contributed by atoms with Crippen molar-refractivity contribution in [1.29, 1.82) is 0 Å². The van der Waals surface area contributed by atoms with Gasteiger partial charge in [0.2, 0.25) is 0 Å². The van der Waals surface area contributed by atoms with E-state index in [-0.39, 0.29) is 6.61 Å². The maximum absolute atomic E-state index is 12.1. The average molecular weight is 623 g/mol. The summed E-state index contributed by atoms with van der Waals surface area (Å²) in [5, 5.41) is 11.0. The molecule has 0 spiro atoms. The summed E-state index contributed by atoms with van der Waals surface area (Å²) in [6, 6.07) is 14.8. The van der Waals surface area contributed by atoms with E-state index in [2.05, 4.69) is 64.6 Å². The van der Waals surface area contributed by atoms with Crippen LogP contribution >= 0.6 is 28.5 Å². The number of nitrogens with zero attached hydrogens (tertiary/aromatic N) is 5. The molecule has 0 bridgehead atoms. The van der Waals surface area contributed by atoms with Crippen LogP contribution in [0.5, 0.6) is 11.5 Å². The molecule has 184 valence electrons. The van der Waals surface area contributed by atoms with Gasteiger partial charge in [0.05, 0.1) is 12.0 Å². The highest BCUT2D eigenvalue weighted by Crippen LogP contribution is 2.30. The summed E-state index contributed by atoms with van der Waals surface area (Å²) in [7, 11) is 0. The van der Waals surface area contributed by atoms with Gasteiger partial charge in [0.25, 0.3) is 5.91 Å². The van der Waals surface area contributed by atoms with Crippen LogP contribution in [-0.4, -0.2) is 37.1 Å². The third-order valence-electron chi connectivity index (χ3n) is 5.21. The van der Waals surface area contributed by atoms with Crippen LogP contribution < -0.4 is 15.4 Å². The minimum Gasteiger partial charge on any atom is -0.457 e. The van der Waals surface area contributed by atoms with Crippen LogP contribution in [0.25, 0.3) is 16.6 Å². The maximum Gasteiger partial charge on any atom is 0.300 e.